The number of nitrogens with one attached hydrogen (secondary N) is 1. The molecule has 1 aliphatic rings. The minimum absolute atomic E-state index is 0.0873. The SMILES string of the molecule is Cc1sc(-c2noc(C3CCC3)n2)cc1NC(=O)c1ccc(F)c(Cl)c1. The Kier molecular flexibility index (Phi) is 4.50. The summed E-state index contributed by atoms with van der Waals surface area (Å²) in [6, 6.07) is 5.69. The van der Waals surface area contributed by atoms with Crippen molar-refractivity contribution >= 4 is 34.5 Å². The minimum atomic E-state index is -0.559. The molecule has 2 aromatic heterocycles. The van der Waals surface area contributed by atoms with Crippen LogP contribution in [0.3, 0.4) is 0 Å². The van der Waals surface area contributed by atoms with Crippen molar-refractivity contribution in [1.82, 2.24) is 10.1 Å². The number of thiophene rings is 1. The number of hydrogen-bond donors (Lipinski definition) is 1. The van der Waals surface area contributed by atoms with E-state index in [9.17, 15) is 9.18 Å². The quantitative estimate of drug-likeness (QED) is 0.644. The zero-order valence-electron chi connectivity index (χ0n) is 13.9. The Morgan fingerprint density at radius 3 is 2.88 bits per heavy atom. The minimum Gasteiger partial charge on any atom is -0.339 e. The molecular formula is C18H15ClFN3O2S. The molecule has 0 aliphatic heterocycles. The highest BCUT2D eigenvalue weighted by Crippen LogP contribution is 2.38. The van der Waals surface area contributed by atoms with Crippen LogP contribution in [-0.2, 0) is 0 Å². The molecule has 0 spiro atoms. The third-order valence-corrected chi connectivity index (χ3v) is 5.80. The average Bonchev–Trinajstić information content (AvgIpc) is 3.16. The van der Waals surface area contributed by atoms with Gasteiger partial charge in [0.25, 0.3) is 5.91 Å². The summed E-state index contributed by atoms with van der Waals surface area (Å²) in [6.07, 6.45) is 3.38. The Morgan fingerprint density at radius 1 is 1.38 bits per heavy atom. The van der Waals surface area contributed by atoms with Gasteiger partial charge >= 0.3 is 0 Å². The van der Waals surface area contributed by atoms with E-state index in [4.69, 9.17) is 16.1 Å². The van der Waals surface area contributed by atoms with Gasteiger partial charge < -0.3 is 9.84 Å². The van der Waals surface area contributed by atoms with E-state index in [0.29, 0.717) is 23.3 Å². The number of carbonyl (C=O) groups excluding carboxylic acids is 1. The fourth-order valence-electron chi connectivity index (χ4n) is 2.70. The molecule has 8 heteroatoms. The van der Waals surface area contributed by atoms with Crippen LogP contribution in [0.25, 0.3) is 10.7 Å². The van der Waals surface area contributed by atoms with Crippen molar-refractivity contribution in [1.29, 1.82) is 0 Å². The van der Waals surface area contributed by atoms with Crippen LogP contribution in [0.4, 0.5) is 10.1 Å². The van der Waals surface area contributed by atoms with Gasteiger partial charge in [-0.15, -0.1) is 11.3 Å². The summed E-state index contributed by atoms with van der Waals surface area (Å²) in [5.41, 5.74) is 0.945. The maximum Gasteiger partial charge on any atom is 0.255 e. The topological polar surface area (TPSA) is 68.0 Å². The van der Waals surface area contributed by atoms with Gasteiger partial charge in [-0.25, -0.2) is 4.39 Å². The van der Waals surface area contributed by atoms with Crippen molar-refractivity contribution < 1.29 is 13.7 Å². The lowest BCUT2D eigenvalue weighted by atomic mass is 9.85. The summed E-state index contributed by atoms with van der Waals surface area (Å²) < 4.78 is 18.6. The molecule has 1 fully saturated rings. The van der Waals surface area contributed by atoms with Crippen molar-refractivity contribution in [2.75, 3.05) is 5.32 Å². The van der Waals surface area contributed by atoms with Crippen LogP contribution in [0.1, 0.15) is 46.3 Å². The molecule has 1 amide bonds. The highest BCUT2D eigenvalue weighted by atomic mass is 35.5. The molecule has 0 saturated heterocycles. The van der Waals surface area contributed by atoms with Gasteiger partial charge in [-0.2, -0.15) is 4.98 Å². The zero-order valence-corrected chi connectivity index (χ0v) is 15.5. The maximum atomic E-state index is 13.2. The van der Waals surface area contributed by atoms with Gasteiger partial charge in [0, 0.05) is 16.4 Å². The number of aromatic nitrogens is 2. The van der Waals surface area contributed by atoms with Crippen LogP contribution in [0, 0.1) is 12.7 Å². The zero-order chi connectivity index (χ0) is 18.3. The first kappa shape index (κ1) is 17.2. The first-order valence-corrected chi connectivity index (χ1v) is 9.41. The molecule has 3 aromatic rings. The molecule has 1 aromatic carbocycles. The summed E-state index contributed by atoms with van der Waals surface area (Å²) in [7, 11) is 0. The normalized spacial score (nSPS) is 14.3. The van der Waals surface area contributed by atoms with E-state index in [1.54, 1.807) is 0 Å². The lowest BCUT2D eigenvalue weighted by molar-refractivity contribution is 0.102. The van der Waals surface area contributed by atoms with Crippen LogP contribution < -0.4 is 5.32 Å². The van der Waals surface area contributed by atoms with Crippen LogP contribution >= 0.6 is 22.9 Å². The number of halogens is 2. The van der Waals surface area contributed by atoms with Crippen molar-refractivity contribution in [3.05, 3.63) is 51.4 Å². The predicted molar refractivity (Wildman–Crippen MR) is 98.3 cm³/mol. The second kappa shape index (κ2) is 6.81. The van der Waals surface area contributed by atoms with Crippen LogP contribution in [0.15, 0.2) is 28.8 Å². The molecule has 0 unspecified atom stereocenters. The first-order valence-electron chi connectivity index (χ1n) is 8.22. The first-order chi connectivity index (χ1) is 12.5. The number of rotatable bonds is 4. The Balaban J connectivity index is 1.53. The molecule has 0 bridgehead atoms. The average molecular weight is 392 g/mol. The Bertz CT molecular complexity index is 981. The largest absolute Gasteiger partial charge is 0.339 e. The van der Waals surface area contributed by atoms with Gasteiger partial charge in [-0.3, -0.25) is 4.79 Å². The Labute approximate surface area is 158 Å². The molecule has 0 radical (unpaired) electrons. The van der Waals surface area contributed by atoms with Gasteiger partial charge in [0.05, 0.1) is 15.6 Å². The number of amides is 1. The number of hydrogen-bond acceptors (Lipinski definition) is 5. The standard InChI is InChI=1S/C18H15ClFN3O2S/c1-9-14(21-17(24)11-5-6-13(20)12(19)7-11)8-15(26-9)16-22-18(25-23-16)10-3-2-4-10/h5-8,10H,2-4H2,1H3,(H,21,24). The van der Waals surface area contributed by atoms with Gasteiger partial charge in [0.15, 0.2) is 0 Å². The van der Waals surface area contributed by atoms with E-state index in [1.807, 2.05) is 13.0 Å². The molecule has 1 saturated carbocycles. The van der Waals surface area contributed by atoms with E-state index < -0.39 is 5.82 Å². The Morgan fingerprint density at radius 2 is 2.19 bits per heavy atom. The van der Waals surface area contributed by atoms with Gasteiger partial charge in [0.2, 0.25) is 11.7 Å². The van der Waals surface area contributed by atoms with Crippen LogP contribution in [0.5, 0.6) is 0 Å². The summed E-state index contributed by atoms with van der Waals surface area (Å²) >= 11 is 7.22. The van der Waals surface area contributed by atoms with E-state index >= 15 is 0 Å². The van der Waals surface area contributed by atoms with Crippen molar-refractivity contribution in [3.8, 4) is 10.7 Å². The number of nitrogens with zero attached hydrogens (tertiary/aromatic N) is 2. The van der Waals surface area contributed by atoms with Crippen molar-refractivity contribution in [3.63, 3.8) is 0 Å². The van der Waals surface area contributed by atoms with E-state index in [2.05, 4.69) is 15.5 Å². The molecule has 5 nitrogen and oxygen atoms in total. The molecule has 2 heterocycles. The van der Waals surface area contributed by atoms with Gasteiger partial charge in [-0.05, 0) is 44.0 Å². The van der Waals surface area contributed by atoms with E-state index in [-0.39, 0.29) is 16.5 Å². The third-order valence-electron chi connectivity index (χ3n) is 4.46. The molecule has 26 heavy (non-hydrogen) atoms. The smallest absolute Gasteiger partial charge is 0.255 e. The lowest BCUT2D eigenvalue weighted by Crippen LogP contribution is -2.12. The number of carbonyl (C=O) groups is 1. The second-order valence-corrected chi connectivity index (χ2v) is 7.91. The number of aryl methyl sites for hydroxylation is 1. The van der Waals surface area contributed by atoms with Crippen molar-refractivity contribution in [2.24, 2.45) is 0 Å². The second-order valence-electron chi connectivity index (χ2n) is 6.25. The molecule has 1 aliphatic carbocycles. The lowest BCUT2D eigenvalue weighted by Gasteiger charge is -2.20. The molecule has 4 rings (SSSR count). The van der Waals surface area contributed by atoms with E-state index in [1.165, 1.54) is 36.0 Å². The van der Waals surface area contributed by atoms with Crippen LogP contribution in [0.2, 0.25) is 5.02 Å². The molecular weight excluding hydrogens is 377 g/mol. The molecule has 1 N–H and O–H groups in total. The maximum absolute atomic E-state index is 13.2. The predicted octanol–water partition coefficient (Wildman–Crippen LogP) is 5.42. The number of benzene rings is 1. The summed E-state index contributed by atoms with van der Waals surface area (Å²) in [4.78, 5) is 18.6. The number of anilines is 1. The Hall–Kier alpha value is -2.25. The van der Waals surface area contributed by atoms with Crippen molar-refractivity contribution in [2.45, 2.75) is 32.1 Å². The van der Waals surface area contributed by atoms with Gasteiger partial charge in [0.1, 0.15) is 5.82 Å². The van der Waals surface area contributed by atoms with E-state index in [0.717, 1.165) is 22.6 Å². The molecule has 134 valence electrons. The van der Waals surface area contributed by atoms with Gasteiger partial charge in [-0.1, -0.05) is 23.2 Å². The fourth-order valence-corrected chi connectivity index (χ4v) is 3.79. The summed E-state index contributed by atoms with van der Waals surface area (Å²) in [5, 5.41) is 6.79. The molecule has 0 atom stereocenters. The van der Waals surface area contributed by atoms with Crippen LogP contribution in [-0.4, -0.2) is 16.0 Å². The summed E-state index contributed by atoms with van der Waals surface area (Å²) in [5.74, 6) is 0.674. The third kappa shape index (κ3) is 3.24. The highest BCUT2D eigenvalue weighted by Gasteiger charge is 2.26. The fraction of sp³-hybridized carbons (Fsp3) is 0.278. The monoisotopic (exact) mass is 391 g/mol. The summed E-state index contributed by atoms with van der Waals surface area (Å²) in [6.45, 7) is 1.90. The highest BCUT2D eigenvalue weighted by molar-refractivity contribution is 7.16.